The molecule has 0 spiro atoms. The molecule has 1 unspecified atom stereocenters. The number of pyridine rings is 1. The molecule has 1 heterocycles. The van der Waals surface area contributed by atoms with Gasteiger partial charge in [0, 0.05) is 5.56 Å². The van der Waals surface area contributed by atoms with Crippen LogP contribution in [-0.2, 0) is 25.7 Å². The average Bonchev–Trinajstić information content (AvgIpc) is 2.24. The Hall–Kier alpha value is -1.15. The molecule has 0 fully saturated rings. The van der Waals surface area contributed by atoms with Crippen LogP contribution in [0.4, 0.5) is 5.82 Å². The van der Waals surface area contributed by atoms with Crippen LogP contribution in [0.5, 0.6) is 5.75 Å². The fraction of sp³-hybridized carbons (Fsp3) is 0.375. The standard InChI is InChI=1S/C8H13N2O6PS/c1-15-7-4-9-8(10-18(2,13)14)3-6(7)5-16-17(11)12/h3-4,17H,5H2,1-2H3,(H,9,10)(H,11,12). The molecule has 0 aromatic carbocycles. The third-order valence-electron chi connectivity index (χ3n) is 1.81. The Labute approximate surface area is 105 Å². The second-order valence-corrected chi connectivity index (χ2v) is 5.88. The van der Waals surface area contributed by atoms with E-state index in [0.717, 1.165) is 6.26 Å². The lowest BCUT2D eigenvalue weighted by molar-refractivity contribution is 0.267. The summed E-state index contributed by atoms with van der Waals surface area (Å²) in [4.78, 5) is 12.4. The summed E-state index contributed by atoms with van der Waals surface area (Å²) >= 11 is 0. The van der Waals surface area contributed by atoms with E-state index in [1.54, 1.807) is 0 Å². The fourth-order valence-corrected chi connectivity index (χ4v) is 1.94. The Morgan fingerprint density at radius 3 is 2.72 bits per heavy atom. The molecule has 0 amide bonds. The second kappa shape index (κ2) is 6.14. The van der Waals surface area contributed by atoms with Gasteiger partial charge in [0.1, 0.15) is 11.6 Å². The maximum absolute atomic E-state index is 11.0. The van der Waals surface area contributed by atoms with Crippen molar-refractivity contribution in [3.63, 3.8) is 0 Å². The first-order valence-electron chi connectivity index (χ1n) is 4.68. The molecule has 10 heteroatoms. The highest BCUT2D eigenvalue weighted by atomic mass is 32.2. The molecule has 1 rings (SSSR count). The van der Waals surface area contributed by atoms with Crippen molar-refractivity contribution < 1.29 is 27.1 Å². The number of hydrogen-bond donors (Lipinski definition) is 2. The van der Waals surface area contributed by atoms with E-state index in [1.165, 1.54) is 19.4 Å². The number of hydrogen-bond acceptors (Lipinski definition) is 6. The molecule has 1 aromatic heterocycles. The van der Waals surface area contributed by atoms with Crippen LogP contribution in [0, 0.1) is 0 Å². The van der Waals surface area contributed by atoms with Crippen molar-refractivity contribution in [2.24, 2.45) is 0 Å². The minimum Gasteiger partial charge on any atom is -0.495 e. The van der Waals surface area contributed by atoms with Crippen molar-refractivity contribution in [3.8, 4) is 5.75 Å². The summed E-state index contributed by atoms with van der Waals surface area (Å²) in [7, 11) is -5.12. The van der Waals surface area contributed by atoms with E-state index in [4.69, 9.17) is 9.63 Å². The van der Waals surface area contributed by atoms with Gasteiger partial charge in [-0.3, -0.25) is 9.29 Å². The molecule has 18 heavy (non-hydrogen) atoms. The summed E-state index contributed by atoms with van der Waals surface area (Å²) in [5.74, 6) is 0.409. The molecule has 2 N–H and O–H groups in total. The highest BCUT2D eigenvalue weighted by Crippen LogP contribution is 2.25. The summed E-state index contributed by atoms with van der Waals surface area (Å²) in [6.45, 7) is -0.182. The molecular formula is C8H13N2O6PS. The average molecular weight is 296 g/mol. The van der Waals surface area contributed by atoms with Gasteiger partial charge in [-0.2, -0.15) is 0 Å². The first-order chi connectivity index (χ1) is 8.31. The highest BCUT2D eigenvalue weighted by molar-refractivity contribution is 7.92. The van der Waals surface area contributed by atoms with Gasteiger partial charge in [0.15, 0.2) is 0 Å². The Balaban J connectivity index is 2.97. The Morgan fingerprint density at radius 1 is 1.56 bits per heavy atom. The molecule has 0 aliphatic carbocycles. The number of aromatic nitrogens is 1. The largest absolute Gasteiger partial charge is 0.495 e. The zero-order valence-corrected chi connectivity index (χ0v) is 11.5. The molecule has 0 bridgehead atoms. The lowest BCUT2D eigenvalue weighted by Crippen LogP contribution is -2.11. The summed E-state index contributed by atoms with van der Waals surface area (Å²) in [5, 5.41) is 0. The quantitative estimate of drug-likeness (QED) is 0.728. The minimum absolute atomic E-state index is 0.0783. The molecule has 0 aliphatic heterocycles. The van der Waals surface area contributed by atoms with Crippen molar-refractivity contribution in [3.05, 3.63) is 17.8 Å². The summed E-state index contributed by atoms with van der Waals surface area (Å²) in [6, 6.07) is 1.37. The van der Waals surface area contributed by atoms with Gasteiger partial charge in [-0.1, -0.05) is 0 Å². The van der Waals surface area contributed by atoms with Crippen LogP contribution in [0.3, 0.4) is 0 Å². The fourth-order valence-electron chi connectivity index (χ4n) is 1.17. The molecule has 0 radical (unpaired) electrons. The van der Waals surface area contributed by atoms with Gasteiger partial charge in [-0.25, -0.2) is 13.4 Å². The Kier molecular flexibility index (Phi) is 5.09. The monoisotopic (exact) mass is 296 g/mol. The van der Waals surface area contributed by atoms with Crippen LogP contribution in [0.2, 0.25) is 0 Å². The smallest absolute Gasteiger partial charge is 0.316 e. The number of rotatable bonds is 6. The predicted octanol–water partition coefficient (Wildman–Crippen LogP) is 0.360. The number of sulfonamides is 1. The topological polar surface area (TPSA) is 115 Å². The van der Waals surface area contributed by atoms with Crippen LogP contribution in [0.15, 0.2) is 12.3 Å². The van der Waals surface area contributed by atoms with Gasteiger partial charge in [-0.15, -0.1) is 0 Å². The van der Waals surface area contributed by atoms with Gasteiger partial charge in [0.2, 0.25) is 10.0 Å². The first kappa shape index (κ1) is 14.9. The molecule has 0 saturated carbocycles. The van der Waals surface area contributed by atoms with Crippen LogP contribution >= 0.6 is 8.25 Å². The predicted molar refractivity (Wildman–Crippen MR) is 65.3 cm³/mol. The van der Waals surface area contributed by atoms with Crippen LogP contribution in [-0.4, -0.2) is 31.7 Å². The van der Waals surface area contributed by atoms with E-state index in [2.05, 4.69) is 14.2 Å². The van der Waals surface area contributed by atoms with E-state index in [9.17, 15) is 13.0 Å². The van der Waals surface area contributed by atoms with Gasteiger partial charge < -0.3 is 14.2 Å². The third kappa shape index (κ3) is 5.01. The summed E-state index contributed by atoms with van der Waals surface area (Å²) < 4.78 is 44.3. The van der Waals surface area contributed by atoms with Crippen LogP contribution in [0.25, 0.3) is 0 Å². The van der Waals surface area contributed by atoms with Crippen LogP contribution < -0.4 is 9.46 Å². The minimum atomic E-state index is -3.44. The number of nitrogens with one attached hydrogen (secondary N) is 1. The zero-order chi connectivity index (χ0) is 13.8. The SMILES string of the molecule is COc1cnc(NS(C)(=O)=O)cc1CO[PH](=O)O. The lowest BCUT2D eigenvalue weighted by atomic mass is 10.2. The van der Waals surface area contributed by atoms with E-state index in [-0.39, 0.29) is 12.4 Å². The van der Waals surface area contributed by atoms with E-state index >= 15 is 0 Å². The molecule has 1 atom stereocenters. The van der Waals surface area contributed by atoms with Crippen molar-refractivity contribution in [1.29, 1.82) is 0 Å². The van der Waals surface area contributed by atoms with Crippen molar-refractivity contribution in [1.82, 2.24) is 4.98 Å². The number of ether oxygens (including phenoxy) is 1. The van der Waals surface area contributed by atoms with E-state index in [0.29, 0.717) is 11.3 Å². The van der Waals surface area contributed by atoms with Gasteiger partial charge >= 0.3 is 8.25 Å². The lowest BCUT2D eigenvalue weighted by Gasteiger charge is -2.10. The van der Waals surface area contributed by atoms with Crippen LogP contribution in [0.1, 0.15) is 5.56 Å². The molecule has 0 aliphatic rings. The molecule has 8 nitrogen and oxygen atoms in total. The van der Waals surface area contributed by atoms with E-state index in [1.807, 2.05) is 0 Å². The molecule has 0 saturated heterocycles. The normalized spacial score (nSPS) is 13.1. The van der Waals surface area contributed by atoms with Gasteiger partial charge in [0.05, 0.1) is 26.2 Å². The van der Waals surface area contributed by atoms with E-state index < -0.39 is 18.3 Å². The molecular weight excluding hydrogens is 283 g/mol. The maximum Gasteiger partial charge on any atom is 0.316 e. The van der Waals surface area contributed by atoms with Crippen molar-refractivity contribution >= 4 is 24.1 Å². The highest BCUT2D eigenvalue weighted by Gasteiger charge is 2.09. The number of nitrogens with zero attached hydrogens (tertiary/aromatic N) is 1. The van der Waals surface area contributed by atoms with Gasteiger partial charge in [-0.05, 0) is 6.07 Å². The molecule has 1 aromatic rings. The molecule has 102 valence electrons. The summed E-state index contributed by atoms with van der Waals surface area (Å²) in [5.41, 5.74) is 0.408. The third-order valence-corrected chi connectivity index (χ3v) is 2.78. The van der Waals surface area contributed by atoms with Gasteiger partial charge in [0.25, 0.3) is 0 Å². The Morgan fingerprint density at radius 2 is 2.22 bits per heavy atom. The zero-order valence-electron chi connectivity index (χ0n) is 9.71. The number of anilines is 1. The van der Waals surface area contributed by atoms with Crippen molar-refractivity contribution in [2.45, 2.75) is 6.61 Å². The maximum atomic E-state index is 11.0. The summed E-state index contributed by atoms with van der Waals surface area (Å²) in [6.07, 6.45) is 2.28. The number of methoxy groups -OCH3 is 1. The second-order valence-electron chi connectivity index (χ2n) is 3.31. The Bertz CT molecular complexity index is 547. The van der Waals surface area contributed by atoms with Crippen molar-refractivity contribution in [2.75, 3.05) is 18.1 Å². The first-order valence-corrected chi connectivity index (χ1v) is 7.84.